The van der Waals surface area contributed by atoms with E-state index in [9.17, 15) is 4.79 Å². The van der Waals surface area contributed by atoms with Gasteiger partial charge in [-0.25, -0.2) is 0 Å². The lowest BCUT2D eigenvalue weighted by molar-refractivity contribution is -0.140. The molecule has 0 rings (SSSR count). The van der Waals surface area contributed by atoms with E-state index in [2.05, 4.69) is 27.3 Å². The average Bonchev–Trinajstić information content (AvgIpc) is 2.52. The summed E-state index contributed by atoms with van der Waals surface area (Å²) in [6.07, 6.45) is 5.16. The lowest BCUT2D eigenvalue weighted by Crippen LogP contribution is -2.38. The molecule has 1 atom stereocenters. The Hall–Kier alpha value is -1.30. The van der Waals surface area contributed by atoms with Crippen LogP contribution >= 0.6 is 0 Å². The van der Waals surface area contributed by atoms with E-state index in [1.54, 1.807) is 0 Å². The first-order valence-corrected chi connectivity index (χ1v) is 8.37. The molecule has 0 aromatic rings. The molecule has 0 aliphatic carbocycles. The summed E-state index contributed by atoms with van der Waals surface area (Å²) in [6.45, 7) is 6.72. The maximum absolute atomic E-state index is 11.0. The summed E-state index contributed by atoms with van der Waals surface area (Å²) in [5.41, 5.74) is 0. The van der Waals surface area contributed by atoms with E-state index in [1.807, 2.05) is 6.92 Å². The van der Waals surface area contributed by atoms with Gasteiger partial charge in [-0.1, -0.05) is 13.3 Å². The van der Waals surface area contributed by atoms with Crippen LogP contribution in [0.25, 0.3) is 0 Å². The Morgan fingerprint density at radius 3 is 2.59 bits per heavy atom. The third-order valence-electron chi connectivity index (χ3n) is 3.41. The molecular formula is C16H33N3O3. The van der Waals surface area contributed by atoms with Crippen molar-refractivity contribution in [2.45, 2.75) is 52.4 Å². The fourth-order valence-electron chi connectivity index (χ4n) is 2.18. The largest absolute Gasteiger partial charge is 0.469 e. The first kappa shape index (κ1) is 20.7. The van der Waals surface area contributed by atoms with Gasteiger partial charge in [0.2, 0.25) is 0 Å². The number of carbonyl (C=O) groups is 1. The second kappa shape index (κ2) is 14.6. The van der Waals surface area contributed by atoms with Gasteiger partial charge in [0, 0.05) is 32.7 Å². The fraction of sp³-hybridized carbons (Fsp3) is 0.875. The molecular weight excluding hydrogens is 282 g/mol. The normalized spacial score (nSPS) is 12.8. The highest BCUT2D eigenvalue weighted by molar-refractivity contribution is 5.79. The zero-order valence-corrected chi connectivity index (χ0v) is 14.4. The van der Waals surface area contributed by atoms with Crippen LogP contribution in [0.15, 0.2) is 4.99 Å². The van der Waals surface area contributed by atoms with Crippen molar-refractivity contribution in [1.29, 1.82) is 0 Å². The van der Waals surface area contributed by atoms with Crippen LogP contribution in [0.1, 0.15) is 52.4 Å². The Balaban J connectivity index is 4.10. The van der Waals surface area contributed by atoms with Gasteiger partial charge in [0.15, 0.2) is 5.96 Å². The molecule has 0 aliphatic rings. The number of carbonyl (C=O) groups excluding carboxylic acids is 1. The molecule has 0 spiro atoms. The van der Waals surface area contributed by atoms with Gasteiger partial charge in [-0.2, -0.15) is 0 Å². The number of hydrogen-bond acceptors (Lipinski definition) is 4. The van der Waals surface area contributed by atoms with Gasteiger partial charge in [-0.3, -0.25) is 9.79 Å². The van der Waals surface area contributed by atoms with E-state index in [-0.39, 0.29) is 12.6 Å². The molecule has 0 aromatic heterocycles. The predicted octanol–water partition coefficient (Wildman–Crippen LogP) is 1.68. The summed E-state index contributed by atoms with van der Waals surface area (Å²) < 4.78 is 4.61. The van der Waals surface area contributed by atoms with Gasteiger partial charge in [-0.15, -0.1) is 0 Å². The number of unbranched alkanes of at least 4 members (excludes halogenated alkanes) is 1. The van der Waals surface area contributed by atoms with Gasteiger partial charge in [0.05, 0.1) is 7.11 Å². The average molecular weight is 315 g/mol. The number of guanidine groups is 1. The number of aliphatic hydroxyl groups is 1. The molecule has 1 unspecified atom stereocenters. The molecule has 6 heteroatoms. The van der Waals surface area contributed by atoms with Crippen molar-refractivity contribution in [3.63, 3.8) is 0 Å². The highest BCUT2D eigenvalue weighted by Crippen LogP contribution is 2.10. The monoisotopic (exact) mass is 315 g/mol. The molecule has 0 bridgehead atoms. The number of methoxy groups -OCH3 is 1. The van der Waals surface area contributed by atoms with Crippen molar-refractivity contribution in [3.05, 3.63) is 0 Å². The molecule has 6 nitrogen and oxygen atoms in total. The van der Waals surface area contributed by atoms with Crippen LogP contribution in [0.3, 0.4) is 0 Å². The van der Waals surface area contributed by atoms with Crippen LogP contribution in [0.5, 0.6) is 0 Å². The van der Waals surface area contributed by atoms with Crippen LogP contribution in [0.2, 0.25) is 0 Å². The van der Waals surface area contributed by atoms with Gasteiger partial charge < -0.3 is 20.5 Å². The van der Waals surface area contributed by atoms with E-state index in [0.29, 0.717) is 12.3 Å². The van der Waals surface area contributed by atoms with E-state index >= 15 is 0 Å². The lowest BCUT2D eigenvalue weighted by Gasteiger charge is -2.15. The summed E-state index contributed by atoms with van der Waals surface area (Å²) in [5.74, 6) is 1.08. The molecule has 0 aliphatic heterocycles. The number of ether oxygens (including phenoxy) is 1. The SMILES string of the molecule is CCCC(CCO)CN=C(NCC)NCCCCC(=O)OC. The zero-order chi connectivity index (χ0) is 16.6. The van der Waals surface area contributed by atoms with Crippen molar-refractivity contribution in [2.24, 2.45) is 10.9 Å². The maximum Gasteiger partial charge on any atom is 0.305 e. The molecule has 0 heterocycles. The first-order valence-electron chi connectivity index (χ1n) is 8.37. The summed E-state index contributed by atoms with van der Waals surface area (Å²) in [4.78, 5) is 15.6. The Morgan fingerprint density at radius 2 is 2.00 bits per heavy atom. The molecule has 0 saturated carbocycles. The van der Waals surface area contributed by atoms with Gasteiger partial charge in [0.1, 0.15) is 0 Å². The van der Waals surface area contributed by atoms with Gasteiger partial charge >= 0.3 is 5.97 Å². The number of nitrogens with zero attached hydrogens (tertiary/aromatic N) is 1. The minimum atomic E-state index is -0.160. The summed E-state index contributed by atoms with van der Waals surface area (Å²) in [6, 6.07) is 0. The Morgan fingerprint density at radius 1 is 1.23 bits per heavy atom. The molecule has 0 aromatic carbocycles. The lowest BCUT2D eigenvalue weighted by atomic mass is 10.0. The molecule has 0 saturated heterocycles. The van der Waals surface area contributed by atoms with Crippen LogP contribution in [-0.4, -0.2) is 50.4 Å². The van der Waals surface area contributed by atoms with E-state index < -0.39 is 0 Å². The highest BCUT2D eigenvalue weighted by Gasteiger charge is 2.07. The van der Waals surface area contributed by atoms with Gasteiger partial charge in [-0.05, 0) is 38.5 Å². The van der Waals surface area contributed by atoms with Crippen molar-refractivity contribution in [3.8, 4) is 0 Å². The van der Waals surface area contributed by atoms with E-state index in [0.717, 1.165) is 57.7 Å². The van der Waals surface area contributed by atoms with Crippen molar-refractivity contribution in [2.75, 3.05) is 33.4 Å². The second-order valence-corrected chi connectivity index (χ2v) is 5.35. The number of aliphatic hydroxyl groups excluding tert-OH is 1. The molecule has 130 valence electrons. The molecule has 22 heavy (non-hydrogen) atoms. The number of rotatable bonds is 12. The summed E-state index contributed by atoms with van der Waals surface area (Å²) >= 11 is 0. The smallest absolute Gasteiger partial charge is 0.305 e. The molecule has 0 amide bonds. The maximum atomic E-state index is 11.0. The van der Waals surface area contributed by atoms with Crippen LogP contribution in [0.4, 0.5) is 0 Å². The third-order valence-corrected chi connectivity index (χ3v) is 3.41. The predicted molar refractivity (Wildman–Crippen MR) is 89.9 cm³/mol. The number of nitrogens with one attached hydrogen (secondary N) is 2. The fourth-order valence-corrected chi connectivity index (χ4v) is 2.18. The van der Waals surface area contributed by atoms with Crippen LogP contribution in [-0.2, 0) is 9.53 Å². The van der Waals surface area contributed by atoms with Crippen molar-refractivity contribution in [1.82, 2.24) is 10.6 Å². The Labute approximate surface area is 134 Å². The van der Waals surface area contributed by atoms with Crippen LogP contribution < -0.4 is 10.6 Å². The van der Waals surface area contributed by atoms with Crippen LogP contribution in [0, 0.1) is 5.92 Å². The molecule has 3 N–H and O–H groups in total. The highest BCUT2D eigenvalue weighted by atomic mass is 16.5. The molecule has 0 fully saturated rings. The summed E-state index contributed by atoms with van der Waals surface area (Å²) in [5, 5.41) is 15.6. The summed E-state index contributed by atoms with van der Waals surface area (Å²) in [7, 11) is 1.41. The van der Waals surface area contributed by atoms with Crippen molar-refractivity contribution < 1.29 is 14.6 Å². The topological polar surface area (TPSA) is 83.0 Å². The van der Waals surface area contributed by atoms with Crippen molar-refractivity contribution >= 4 is 11.9 Å². The van der Waals surface area contributed by atoms with E-state index in [1.165, 1.54) is 7.11 Å². The number of esters is 1. The minimum Gasteiger partial charge on any atom is -0.469 e. The zero-order valence-electron chi connectivity index (χ0n) is 14.4. The number of aliphatic imine (C=N–C) groups is 1. The minimum absolute atomic E-state index is 0.160. The third kappa shape index (κ3) is 11.4. The molecule has 0 radical (unpaired) electrons. The number of hydrogen-bond donors (Lipinski definition) is 3. The Kier molecular flexibility index (Phi) is 13.8. The first-order chi connectivity index (χ1) is 10.7. The second-order valence-electron chi connectivity index (χ2n) is 5.35. The standard InChI is InChI=1S/C16H33N3O3/c1-4-8-14(10-12-20)13-19-16(17-5-2)18-11-7-6-9-15(21)22-3/h14,20H,4-13H2,1-3H3,(H2,17,18,19). The quantitative estimate of drug-likeness (QED) is 0.221. The van der Waals surface area contributed by atoms with E-state index in [4.69, 9.17) is 5.11 Å². The Bertz CT molecular complexity index is 303. The van der Waals surface area contributed by atoms with Gasteiger partial charge in [0.25, 0.3) is 0 Å².